The Balaban J connectivity index is 0.000000136. The van der Waals surface area contributed by atoms with Crippen LogP contribution in [0.25, 0.3) is 54.1 Å². The molecule has 0 fully saturated rings. The Kier molecular flexibility index (Phi) is 33.0. The second-order valence-electron chi connectivity index (χ2n) is 30.4. The van der Waals surface area contributed by atoms with Crippen molar-refractivity contribution in [3.8, 4) is 11.5 Å². The van der Waals surface area contributed by atoms with Crippen LogP contribution in [-0.4, -0.2) is 32.7 Å². The highest BCUT2D eigenvalue weighted by Crippen LogP contribution is 2.50. The maximum atomic E-state index is 5.95. The number of hydrogen-bond acceptors (Lipinski definition) is 6. The van der Waals surface area contributed by atoms with Gasteiger partial charge in [-0.25, -0.2) is 0 Å². The van der Waals surface area contributed by atoms with Crippen molar-refractivity contribution in [2.45, 2.75) is 288 Å². The van der Waals surface area contributed by atoms with E-state index in [1.165, 1.54) is 201 Å². The number of para-hydroxylation sites is 2. The Bertz CT molecular complexity index is 4660. The molecule has 0 spiro atoms. The molecule has 0 amide bonds. The van der Waals surface area contributed by atoms with E-state index in [1.54, 1.807) is 29.1 Å². The number of ether oxygens (including phenoxy) is 2. The molecule has 11 aromatic carbocycles. The van der Waals surface area contributed by atoms with Crippen molar-refractivity contribution in [3.05, 3.63) is 274 Å². The van der Waals surface area contributed by atoms with E-state index in [9.17, 15) is 0 Å². The van der Waals surface area contributed by atoms with Gasteiger partial charge in [-0.3, -0.25) is 9.97 Å². The summed E-state index contributed by atoms with van der Waals surface area (Å²) >= 11 is 4.18. The van der Waals surface area contributed by atoms with Gasteiger partial charge in [0.05, 0.1) is 11.0 Å². The summed E-state index contributed by atoms with van der Waals surface area (Å²) in [4.78, 5) is 11.8. The Morgan fingerprint density at radius 3 is 1.36 bits per heavy atom. The van der Waals surface area contributed by atoms with Crippen molar-refractivity contribution in [1.82, 2.24) is 9.97 Å². The van der Waals surface area contributed by atoms with Gasteiger partial charge in [0.15, 0.2) is 0 Å². The van der Waals surface area contributed by atoms with Gasteiger partial charge in [0.25, 0.3) is 0 Å². The first-order valence-corrected chi connectivity index (χ1v) is 44.2. The van der Waals surface area contributed by atoms with Crippen LogP contribution in [-0.2, 0) is 32.1 Å². The van der Waals surface area contributed by atoms with E-state index in [1.807, 2.05) is 6.07 Å². The lowest BCUT2D eigenvalue weighted by Crippen LogP contribution is -2.17. The molecule has 5 heterocycles. The Labute approximate surface area is 666 Å². The van der Waals surface area contributed by atoms with Gasteiger partial charge in [-0.1, -0.05) is 324 Å². The lowest BCUT2D eigenvalue weighted by Gasteiger charge is -2.16. The van der Waals surface area contributed by atoms with Crippen LogP contribution >= 0.6 is 23.5 Å². The molecule has 8 atom stereocenters. The number of hydrogen-bond donors (Lipinski definition) is 0. The lowest BCUT2D eigenvalue weighted by atomic mass is 9.88. The molecule has 109 heavy (non-hydrogen) atoms. The number of aryl methyl sites for hydroxylation is 6. The first kappa shape index (κ1) is 83.6. The summed E-state index contributed by atoms with van der Waals surface area (Å²) in [6, 6.07) is 74.3. The molecule has 16 rings (SSSR count). The van der Waals surface area contributed by atoms with E-state index >= 15 is 0 Å². The molecule has 12 aromatic rings. The summed E-state index contributed by atoms with van der Waals surface area (Å²) in [6.07, 6.45) is 30.2. The number of rotatable bonds is 21. The maximum absolute atomic E-state index is 5.95. The number of aromatic nitrogens is 2. The second kappa shape index (κ2) is 43.1. The quantitative estimate of drug-likeness (QED) is 0.0668. The van der Waals surface area contributed by atoms with E-state index in [0.29, 0.717) is 24.0 Å². The Morgan fingerprint density at radius 1 is 0.330 bits per heavy atom. The summed E-state index contributed by atoms with van der Waals surface area (Å²) in [5, 5.41) is 13.0. The van der Waals surface area contributed by atoms with Gasteiger partial charge in [-0.05, 0) is 214 Å². The topological polar surface area (TPSA) is 44.2 Å². The molecule has 0 saturated carbocycles. The van der Waals surface area contributed by atoms with Crippen molar-refractivity contribution in [2.24, 2.45) is 0 Å². The highest BCUT2D eigenvalue weighted by Gasteiger charge is 2.34. The summed E-state index contributed by atoms with van der Waals surface area (Å²) in [5.74, 6) is 4.95. The molecule has 0 bridgehead atoms. The molecule has 4 nitrogen and oxygen atoms in total. The van der Waals surface area contributed by atoms with Crippen molar-refractivity contribution in [2.75, 3.05) is 0 Å². The Hall–Kier alpha value is -7.90. The van der Waals surface area contributed by atoms with Crippen molar-refractivity contribution in [1.29, 1.82) is 0 Å². The molecule has 6 heteroatoms. The summed E-state index contributed by atoms with van der Waals surface area (Å²) in [5.41, 5.74) is 16.9. The molecule has 1 aromatic heterocycles. The predicted octanol–water partition coefficient (Wildman–Crippen LogP) is 30.7. The van der Waals surface area contributed by atoms with Gasteiger partial charge >= 0.3 is 0 Å². The Morgan fingerprint density at radius 2 is 0.798 bits per heavy atom. The third-order valence-corrected chi connectivity index (χ3v) is 26.2. The number of thioether (sulfide) groups is 2. The van der Waals surface area contributed by atoms with Crippen LogP contribution in [0.4, 0.5) is 0 Å². The first-order valence-electron chi connectivity index (χ1n) is 42.5. The number of fused-ring (bicyclic) bond motifs is 11. The first-order chi connectivity index (χ1) is 53.4. The zero-order chi connectivity index (χ0) is 77.0. The molecular formula is C103H128N2O2S2. The molecule has 0 radical (unpaired) electrons. The molecule has 4 aliphatic rings. The van der Waals surface area contributed by atoms with E-state index in [2.05, 4.69) is 331 Å². The number of benzene rings is 11. The van der Waals surface area contributed by atoms with E-state index < -0.39 is 0 Å². The molecule has 0 saturated heterocycles. The summed E-state index contributed by atoms with van der Waals surface area (Å²) in [7, 11) is 0. The highest BCUT2D eigenvalue weighted by molar-refractivity contribution is 8.00. The number of nitrogens with zero attached hydrogens (tertiary/aromatic N) is 2. The van der Waals surface area contributed by atoms with Crippen molar-refractivity contribution < 1.29 is 9.47 Å². The minimum absolute atomic E-state index is 0.410. The fourth-order valence-corrected chi connectivity index (χ4v) is 20.5. The summed E-state index contributed by atoms with van der Waals surface area (Å²) < 4.78 is 11.9. The van der Waals surface area contributed by atoms with E-state index in [0.717, 1.165) is 70.6 Å². The minimum atomic E-state index is 0.410. The smallest absolute Gasteiger partial charge is 0.123 e. The monoisotopic (exact) mass is 1490 g/mol. The van der Waals surface area contributed by atoms with Crippen molar-refractivity contribution >= 4 is 77.6 Å². The maximum Gasteiger partial charge on any atom is 0.123 e. The second-order valence-corrected chi connectivity index (χ2v) is 33.0. The molecule has 0 aliphatic carbocycles. The van der Waals surface area contributed by atoms with Crippen molar-refractivity contribution in [3.63, 3.8) is 0 Å². The van der Waals surface area contributed by atoms with Gasteiger partial charge in [-0.2, -0.15) is 0 Å². The highest BCUT2D eigenvalue weighted by atomic mass is 32.2. The van der Waals surface area contributed by atoms with Crippen LogP contribution in [0, 0.1) is 6.92 Å². The van der Waals surface area contributed by atoms with E-state index in [4.69, 9.17) is 9.47 Å². The molecule has 6 unspecified atom stereocenters. The zero-order valence-corrected chi connectivity index (χ0v) is 70.4. The van der Waals surface area contributed by atoms with Crippen LogP contribution in [0.1, 0.15) is 272 Å². The normalized spacial score (nSPS) is 18.1. The van der Waals surface area contributed by atoms with Gasteiger partial charge in [0.2, 0.25) is 0 Å². The fourth-order valence-electron chi connectivity index (χ4n) is 17.3. The minimum Gasteiger partial charge on any atom is -0.490 e. The van der Waals surface area contributed by atoms with Crippen LogP contribution < -0.4 is 9.47 Å². The number of unbranched alkanes of at least 4 members (excludes halogenated alkanes) is 3. The molecule has 574 valence electrons. The van der Waals surface area contributed by atoms with Gasteiger partial charge in [-0.15, -0.1) is 23.5 Å². The third kappa shape index (κ3) is 20.6. The van der Waals surface area contributed by atoms with E-state index in [-0.39, 0.29) is 0 Å². The van der Waals surface area contributed by atoms with Crippen LogP contribution in [0.15, 0.2) is 228 Å². The average molecular weight is 1490 g/mol. The molecule has 4 aliphatic heterocycles. The van der Waals surface area contributed by atoms with Gasteiger partial charge in [0.1, 0.15) is 23.7 Å². The van der Waals surface area contributed by atoms with Crippen LogP contribution in [0.2, 0.25) is 0 Å². The third-order valence-electron chi connectivity index (χ3n) is 23.1. The van der Waals surface area contributed by atoms with Crippen LogP contribution in [0.3, 0.4) is 0 Å². The fraction of sp³-hybridized carbons (Fsp3) is 0.417. The summed E-state index contributed by atoms with van der Waals surface area (Å²) in [6.45, 7) is 31.7. The molecule has 0 N–H and O–H groups in total. The van der Waals surface area contributed by atoms with Gasteiger partial charge < -0.3 is 9.47 Å². The average Bonchev–Trinajstić information content (AvgIpc) is 1.58. The lowest BCUT2D eigenvalue weighted by molar-refractivity contribution is 0.191. The standard InChI is InChI=1S/2C19H20.C13H16N2.2C13H18O.2C13H18S/c1-3-4-9-15-14(2)16-10-5-6-11-18(16)19-13-8-7-12-17(15)19;1-3-9-15-14(4-2)16-10-5-6-12-18(16)19-13-8-7-11-17(15)19;1-3-5-11-10(4-2)6-7-12-13(11)15-9-8-14-12;1-3-4-8-12-10(2)11-7-5-6-9-13(11)14-12;1-3-7-12-10(4-2)11-8-5-6-9-13(11)14-12;1-3-4-8-12-10(2)11-7-5-6-9-13(11)14-12;1-3-7-12-10(4-2)11-8-5-6-9-13(11)14-12/h2*5-8,10-13H,3-4,9H2,1-2H3;6-9H,3-5H2,1-2H3;5-7,9-10,12H,3-4,8H2,1-2H3;5-6,8-10,12H,3-4,7H2,1-2H3;5-7,9-10,12H,3-4,8H2,1-2H3;5-6,8-10,12H,3-4,7H2,1-2H3/t;;;10-,12?;;10-,12?;/m...1.1./s1. The SMILES string of the molecule is CCCC1Oc2ccccc2C1CC.CCCC1Sc2ccccc2C1CC.CCCCC1Oc2ccccc2[C@H]1C.CCCCC1Sc2ccccc2[C@H]1C.CCCCc1c(C)c2ccccc2c2ccccc12.CCCc1c(CC)c2ccccc2c2ccccc12.CCCc1c(CC)ccc2nccnc12. The zero-order valence-electron chi connectivity index (χ0n) is 68.8. The van der Waals surface area contributed by atoms with Gasteiger partial charge in [0, 0.05) is 55.6 Å². The molecular weight excluding hydrogens is 1360 g/mol. The van der Waals surface area contributed by atoms with Crippen LogP contribution in [0.5, 0.6) is 11.5 Å². The largest absolute Gasteiger partial charge is 0.490 e. The predicted molar refractivity (Wildman–Crippen MR) is 478 cm³/mol.